The zero-order valence-electron chi connectivity index (χ0n) is 11.0. The average molecular weight is 261 g/mol. The van der Waals surface area contributed by atoms with Crippen LogP contribution in [0.25, 0.3) is 0 Å². The number of carboxylic acids is 1. The molecule has 19 heavy (non-hydrogen) atoms. The van der Waals surface area contributed by atoms with Gasteiger partial charge in [0, 0.05) is 18.9 Å². The summed E-state index contributed by atoms with van der Waals surface area (Å²) in [6, 6.07) is 1.71. The molecule has 2 heterocycles. The highest BCUT2D eigenvalue weighted by atomic mass is 16.4. The number of imidazole rings is 1. The lowest BCUT2D eigenvalue weighted by Crippen LogP contribution is -2.30. The molecule has 2 rings (SSSR count). The Hall–Kier alpha value is -2.37. The second-order valence-corrected chi connectivity index (χ2v) is 4.54. The van der Waals surface area contributed by atoms with Crippen LogP contribution in [0.5, 0.6) is 0 Å². The van der Waals surface area contributed by atoms with Crippen LogP contribution in [0.4, 0.5) is 0 Å². The Kier molecular flexibility index (Phi) is 3.25. The summed E-state index contributed by atoms with van der Waals surface area (Å²) >= 11 is 0. The molecule has 0 amide bonds. The Balaban J connectivity index is 2.58. The number of rotatable bonds is 3. The van der Waals surface area contributed by atoms with Crippen molar-refractivity contribution < 1.29 is 9.90 Å². The number of nitrogens with zero attached hydrogens (tertiary/aromatic N) is 3. The van der Waals surface area contributed by atoms with E-state index in [-0.39, 0.29) is 5.56 Å². The summed E-state index contributed by atoms with van der Waals surface area (Å²) in [6.45, 7) is 3.73. The number of aryl methyl sites for hydroxylation is 3. The van der Waals surface area contributed by atoms with Gasteiger partial charge in [-0.15, -0.1) is 0 Å². The third-order valence-electron chi connectivity index (χ3n) is 3.15. The topological polar surface area (TPSA) is 77.1 Å². The maximum Gasteiger partial charge on any atom is 0.341 e. The van der Waals surface area contributed by atoms with E-state index in [0.29, 0.717) is 12.1 Å². The van der Waals surface area contributed by atoms with Gasteiger partial charge in [0.2, 0.25) is 0 Å². The monoisotopic (exact) mass is 261 g/mol. The molecule has 0 spiro atoms. The fourth-order valence-electron chi connectivity index (χ4n) is 2.08. The number of aromatic carboxylic acids is 1. The van der Waals surface area contributed by atoms with Crippen molar-refractivity contribution in [1.82, 2.24) is 14.1 Å². The van der Waals surface area contributed by atoms with Gasteiger partial charge in [0.1, 0.15) is 5.56 Å². The Labute approximate surface area is 109 Å². The van der Waals surface area contributed by atoms with Gasteiger partial charge in [-0.3, -0.25) is 4.79 Å². The molecule has 0 aliphatic heterocycles. The van der Waals surface area contributed by atoms with Crippen molar-refractivity contribution in [2.75, 3.05) is 0 Å². The largest absolute Gasteiger partial charge is 0.477 e. The fraction of sp³-hybridized carbons (Fsp3) is 0.308. The van der Waals surface area contributed by atoms with Gasteiger partial charge in [-0.05, 0) is 25.5 Å². The van der Waals surface area contributed by atoms with Crippen LogP contribution in [0.1, 0.15) is 27.3 Å². The van der Waals surface area contributed by atoms with E-state index in [0.717, 1.165) is 11.4 Å². The number of aromatic nitrogens is 3. The van der Waals surface area contributed by atoms with Crippen molar-refractivity contribution in [3.05, 3.63) is 51.5 Å². The van der Waals surface area contributed by atoms with E-state index in [9.17, 15) is 9.59 Å². The smallest absolute Gasteiger partial charge is 0.341 e. The fourth-order valence-corrected chi connectivity index (χ4v) is 2.08. The predicted octanol–water partition coefficient (Wildman–Crippen LogP) is 0.945. The van der Waals surface area contributed by atoms with E-state index in [1.165, 1.54) is 4.57 Å². The molecule has 0 saturated heterocycles. The number of hydrogen-bond acceptors (Lipinski definition) is 3. The molecule has 0 fully saturated rings. The highest BCUT2D eigenvalue weighted by Gasteiger charge is 2.17. The minimum absolute atomic E-state index is 0.173. The summed E-state index contributed by atoms with van der Waals surface area (Å²) in [5.41, 5.74) is 1.40. The molecule has 6 nitrogen and oxygen atoms in total. The Bertz CT molecular complexity index is 698. The molecule has 0 saturated carbocycles. The Morgan fingerprint density at radius 2 is 2.11 bits per heavy atom. The minimum Gasteiger partial charge on any atom is -0.477 e. The summed E-state index contributed by atoms with van der Waals surface area (Å²) in [5, 5.41) is 9.11. The van der Waals surface area contributed by atoms with Crippen molar-refractivity contribution in [3.8, 4) is 0 Å². The van der Waals surface area contributed by atoms with Gasteiger partial charge in [-0.2, -0.15) is 0 Å². The van der Waals surface area contributed by atoms with Gasteiger partial charge in [-0.25, -0.2) is 9.78 Å². The van der Waals surface area contributed by atoms with Gasteiger partial charge in [-0.1, -0.05) is 0 Å². The van der Waals surface area contributed by atoms with Crippen LogP contribution in [0.15, 0.2) is 23.4 Å². The van der Waals surface area contributed by atoms with Crippen molar-refractivity contribution >= 4 is 5.97 Å². The molecular formula is C13H15N3O3. The summed E-state index contributed by atoms with van der Waals surface area (Å²) < 4.78 is 3.25. The van der Waals surface area contributed by atoms with E-state index < -0.39 is 11.5 Å². The van der Waals surface area contributed by atoms with Crippen LogP contribution < -0.4 is 5.56 Å². The molecular weight excluding hydrogens is 246 g/mol. The summed E-state index contributed by atoms with van der Waals surface area (Å²) in [6.07, 6.45) is 3.30. The first kappa shape index (κ1) is 13.1. The first-order valence-corrected chi connectivity index (χ1v) is 5.81. The summed E-state index contributed by atoms with van der Waals surface area (Å²) in [4.78, 5) is 27.4. The zero-order valence-corrected chi connectivity index (χ0v) is 11.0. The van der Waals surface area contributed by atoms with E-state index in [2.05, 4.69) is 4.98 Å². The predicted molar refractivity (Wildman–Crippen MR) is 69.4 cm³/mol. The van der Waals surface area contributed by atoms with Crippen LogP contribution in [0.2, 0.25) is 0 Å². The van der Waals surface area contributed by atoms with E-state index in [4.69, 9.17) is 5.11 Å². The van der Waals surface area contributed by atoms with Crippen molar-refractivity contribution in [1.29, 1.82) is 0 Å². The third-order valence-corrected chi connectivity index (χ3v) is 3.15. The molecule has 6 heteroatoms. The Morgan fingerprint density at radius 3 is 2.63 bits per heavy atom. The highest BCUT2D eigenvalue weighted by molar-refractivity contribution is 5.88. The Morgan fingerprint density at radius 1 is 1.42 bits per heavy atom. The van der Waals surface area contributed by atoms with Crippen molar-refractivity contribution in [2.24, 2.45) is 7.05 Å². The number of carboxylic acid groups (broad SMARTS) is 1. The maximum absolute atomic E-state index is 12.2. The van der Waals surface area contributed by atoms with Crippen LogP contribution in [0, 0.1) is 13.8 Å². The molecule has 0 unspecified atom stereocenters. The van der Waals surface area contributed by atoms with Crippen LogP contribution in [-0.2, 0) is 13.6 Å². The van der Waals surface area contributed by atoms with Gasteiger partial charge in [0.15, 0.2) is 0 Å². The van der Waals surface area contributed by atoms with E-state index in [1.54, 1.807) is 37.0 Å². The molecule has 0 aliphatic rings. The molecule has 0 bridgehead atoms. The van der Waals surface area contributed by atoms with Crippen molar-refractivity contribution in [3.63, 3.8) is 0 Å². The second-order valence-electron chi connectivity index (χ2n) is 4.54. The lowest BCUT2D eigenvalue weighted by molar-refractivity contribution is 0.0693. The third kappa shape index (κ3) is 2.29. The van der Waals surface area contributed by atoms with Gasteiger partial charge in [0.25, 0.3) is 5.56 Å². The normalized spacial score (nSPS) is 10.7. The van der Waals surface area contributed by atoms with Crippen LogP contribution in [-0.4, -0.2) is 25.2 Å². The molecule has 0 aromatic carbocycles. The molecule has 100 valence electrons. The molecule has 0 radical (unpaired) electrons. The standard InChI is InChI=1S/C13H15N3O3/c1-8-4-9(2)16(12(17)11(8)13(18)19)6-10-5-14-7-15(10)3/h4-5,7H,6H2,1-3H3,(H,18,19). The van der Waals surface area contributed by atoms with Gasteiger partial charge >= 0.3 is 5.97 Å². The van der Waals surface area contributed by atoms with Crippen LogP contribution >= 0.6 is 0 Å². The number of carbonyl (C=O) groups is 1. The van der Waals surface area contributed by atoms with E-state index >= 15 is 0 Å². The summed E-state index contributed by atoms with van der Waals surface area (Å²) in [7, 11) is 1.83. The minimum atomic E-state index is -1.19. The first-order valence-electron chi connectivity index (χ1n) is 5.81. The quantitative estimate of drug-likeness (QED) is 0.892. The molecule has 2 aromatic rings. The zero-order chi connectivity index (χ0) is 14.2. The molecule has 1 N–H and O–H groups in total. The molecule has 0 atom stereocenters. The van der Waals surface area contributed by atoms with Gasteiger partial charge in [0.05, 0.1) is 18.6 Å². The highest BCUT2D eigenvalue weighted by Crippen LogP contribution is 2.08. The first-order chi connectivity index (χ1) is 8.91. The lowest BCUT2D eigenvalue weighted by Gasteiger charge is -2.13. The maximum atomic E-state index is 12.2. The van der Waals surface area contributed by atoms with Crippen LogP contribution in [0.3, 0.4) is 0 Å². The SMILES string of the molecule is Cc1cc(C)n(Cc2cncn2C)c(=O)c1C(=O)O. The molecule has 2 aromatic heterocycles. The summed E-state index contributed by atoms with van der Waals surface area (Å²) in [5.74, 6) is -1.19. The van der Waals surface area contributed by atoms with Crippen molar-refractivity contribution in [2.45, 2.75) is 20.4 Å². The number of hydrogen-bond donors (Lipinski definition) is 1. The molecule has 0 aliphatic carbocycles. The van der Waals surface area contributed by atoms with E-state index in [1.807, 2.05) is 7.05 Å². The average Bonchev–Trinajstić information content (AvgIpc) is 2.69. The lowest BCUT2D eigenvalue weighted by atomic mass is 10.1. The second kappa shape index (κ2) is 4.72. The van der Waals surface area contributed by atoms with Gasteiger partial charge < -0.3 is 14.2 Å². The number of pyridine rings is 1.